The monoisotopic (exact) mass is 260 g/mol. The van der Waals surface area contributed by atoms with Crippen molar-refractivity contribution in [1.82, 2.24) is 0 Å². The van der Waals surface area contributed by atoms with Crippen molar-refractivity contribution >= 4 is 5.83 Å². The van der Waals surface area contributed by atoms with E-state index in [-0.39, 0.29) is 18.7 Å². The van der Waals surface area contributed by atoms with E-state index in [0.29, 0.717) is 5.56 Å². The predicted molar refractivity (Wildman–Crippen MR) is 72.8 cm³/mol. The van der Waals surface area contributed by atoms with E-state index in [1.54, 1.807) is 24.3 Å². The summed E-state index contributed by atoms with van der Waals surface area (Å²) in [6.07, 6.45) is 4.25. The third-order valence-corrected chi connectivity index (χ3v) is 2.83. The lowest BCUT2D eigenvalue weighted by Crippen LogP contribution is -2.22. The first-order valence-corrected chi connectivity index (χ1v) is 6.49. The fraction of sp³-hybridized carbons (Fsp3) is 0.375. The first-order chi connectivity index (χ1) is 9.36. The Morgan fingerprint density at radius 1 is 1.37 bits per heavy atom. The molecule has 0 amide bonds. The Morgan fingerprint density at radius 2 is 2.21 bits per heavy atom. The molecule has 100 valence electrons. The molecule has 1 aromatic rings. The largest absolute Gasteiger partial charge is 0.353 e. The lowest BCUT2D eigenvalue weighted by molar-refractivity contribution is -0.154. The second-order valence-corrected chi connectivity index (χ2v) is 4.29. The number of benzene rings is 1. The fourth-order valence-electron chi connectivity index (χ4n) is 1.81. The fourth-order valence-corrected chi connectivity index (χ4v) is 1.81. The molecule has 0 aromatic heterocycles. The van der Waals surface area contributed by atoms with Gasteiger partial charge in [0.1, 0.15) is 12.4 Å². The Hall–Kier alpha value is -1.63. The topological polar surface area (TPSA) is 18.5 Å². The van der Waals surface area contributed by atoms with Gasteiger partial charge in [-0.2, -0.15) is 0 Å². The van der Waals surface area contributed by atoms with E-state index in [9.17, 15) is 4.39 Å². The van der Waals surface area contributed by atoms with E-state index in [2.05, 4.69) is 11.8 Å². The van der Waals surface area contributed by atoms with Crippen LogP contribution in [0.2, 0.25) is 0 Å². The molecule has 1 aromatic carbocycles. The summed E-state index contributed by atoms with van der Waals surface area (Å²) in [5.74, 6) is 5.09. The van der Waals surface area contributed by atoms with Gasteiger partial charge in [0.2, 0.25) is 0 Å². The Morgan fingerprint density at radius 3 is 2.95 bits per heavy atom. The van der Waals surface area contributed by atoms with Gasteiger partial charge >= 0.3 is 0 Å². The zero-order valence-electron chi connectivity index (χ0n) is 10.8. The Balaban J connectivity index is 1.77. The normalized spacial score (nSPS) is 19.6. The molecule has 1 aliphatic rings. The molecule has 0 radical (unpaired) electrons. The van der Waals surface area contributed by atoms with E-state index >= 15 is 0 Å². The standard InChI is InChI=1S/C16H17FO2/c17-15(14-8-2-1-3-9-14)10-4-6-12-18-16-11-5-7-13-19-16/h1-3,8-10,16H,5,7,11-13H2/b15-10+. The quantitative estimate of drug-likeness (QED) is 0.774. The van der Waals surface area contributed by atoms with Gasteiger partial charge in [0.05, 0.1) is 0 Å². The summed E-state index contributed by atoms with van der Waals surface area (Å²) in [4.78, 5) is 0. The Kier molecular flexibility index (Phi) is 5.61. The van der Waals surface area contributed by atoms with Crippen LogP contribution in [0.25, 0.3) is 5.83 Å². The summed E-state index contributed by atoms with van der Waals surface area (Å²) >= 11 is 0. The molecule has 19 heavy (non-hydrogen) atoms. The second kappa shape index (κ2) is 7.73. The molecule has 1 aliphatic heterocycles. The molecule has 1 saturated heterocycles. The number of ether oxygens (including phenoxy) is 2. The molecule has 1 unspecified atom stereocenters. The van der Waals surface area contributed by atoms with Gasteiger partial charge in [-0.3, -0.25) is 0 Å². The molecule has 1 heterocycles. The van der Waals surface area contributed by atoms with Crippen molar-refractivity contribution in [3.8, 4) is 11.8 Å². The van der Waals surface area contributed by atoms with Crippen LogP contribution in [-0.2, 0) is 9.47 Å². The predicted octanol–water partition coefficient (Wildman–Crippen LogP) is 3.54. The molecule has 0 bridgehead atoms. The van der Waals surface area contributed by atoms with Crippen LogP contribution in [0.1, 0.15) is 24.8 Å². The molecular weight excluding hydrogens is 243 g/mol. The van der Waals surface area contributed by atoms with Crippen molar-refractivity contribution in [1.29, 1.82) is 0 Å². The van der Waals surface area contributed by atoms with Crippen molar-refractivity contribution in [2.75, 3.05) is 13.2 Å². The van der Waals surface area contributed by atoms with E-state index in [1.807, 2.05) is 6.07 Å². The van der Waals surface area contributed by atoms with E-state index in [0.717, 1.165) is 25.9 Å². The summed E-state index contributed by atoms with van der Waals surface area (Å²) in [5, 5.41) is 0. The lowest BCUT2D eigenvalue weighted by atomic mass is 10.2. The molecule has 2 rings (SSSR count). The van der Waals surface area contributed by atoms with Gasteiger partial charge in [-0.1, -0.05) is 42.2 Å². The van der Waals surface area contributed by atoms with Crippen LogP contribution >= 0.6 is 0 Å². The van der Waals surface area contributed by atoms with E-state index < -0.39 is 0 Å². The Labute approximate surface area is 113 Å². The second-order valence-electron chi connectivity index (χ2n) is 4.29. The highest BCUT2D eigenvalue weighted by atomic mass is 19.1. The zero-order valence-corrected chi connectivity index (χ0v) is 10.8. The maximum atomic E-state index is 13.6. The van der Waals surface area contributed by atoms with E-state index in [1.165, 1.54) is 6.08 Å². The highest BCUT2D eigenvalue weighted by Crippen LogP contribution is 2.14. The van der Waals surface area contributed by atoms with E-state index in [4.69, 9.17) is 9.47 Å². The number of hydrogen-bond acceptors (Lipinski definition) is 2. The number of rotatable bonds is 3. The minimum Gasteiger partial charge on any atom is -0.353 e. The average molecular weight is 260 g/mol. The van der Waals surface area contributed by atoms with Crippen LogP contribution < -0.4 is 0 Å². The van der Waals surface area contributed by atoms with Gasteiger partial charge in [-0.15, -0.1) is 0 Å². The number of hydrogen-bond donors (Lipinski definition) is 0. The molecule has 1 atom stereocenters. The first-order valence-electron chi connectivity index (χ1n) is 6.49. The maximum absolute atomic E-state index is 13.6. The van der Waals surface area contributed by atoms with Gasteiger partial charge in [0.25, 0.3) is 0 Å². The molecule has 0 saturated carbocycles. The summed E-state index contributed by atoms with van der Waals surface area (Å²) < 4.78 is 24.4. The Bertz CT molecular complexity index is 465. The summed E-state index contributed by atoms with van der Waals surface area (Å²) in [7, 11) is 0. The van der Waals surface area contributed by atoms with Gasteiger partial charge in [-0.25, -0.2) is 4.39 Å². The highest BCUT2D eigenvalue weighted by molar-refractivity contribution is 5.61. The molecule has 1 fully saturated rings. The summed E-state index contributed by atoms with van der Waals surface area (Å²) in [6.45, 7) is 1.02. The summed E-state index contributed by atoms with van der Waals surface area (Å²) in [5.41, 5.74) is 0.535. The summed E-state index contributed by atoms with van der Waals surface area (Å²) in [6, 6.07) is 8.85. The molecule has 2 nitrogen and oxygen atoms in total. The van der Waals surface area contributed by atoms with Crippen molar-refractivity contribution in [2.45, 2.75) is 25.6 Å². The minimum absolute atomic E-state index is 0.147. The van der Waals surface area contributed by atoms with Crippen molar-refractivity contribution in [2.24, 2.45) is 0 Å². The van der Waals surface area contributed by atoms with Gasteiger partial charge in [0, 0.05) is 18.2 Å². The SMILES string of the molecule is F/C(=C/C#CCOC1CCCCO1)c1ccccc1. The van der Waals surface area contributed by atoms with Crippen LogP contribution in [0, 0.1) is 11.8 Å². The van der Waals surface area contributed by atoms with Crippen molar-refractivity contribution in [3.05, 3.63) is 42.0 Å². The smallest absolute Gasteiger partial charge is 0.158 e. The van der Waals surface area contributed by atoms with Gasteiger partial charge in [-0.05, 0) is 19.3 Å². The first kappa shape index (κ1) is 13.8. The number of halogens is 1. The molecular formula is C16H17FO2. The van der Waals surface area contributed by atoms with Crippen molar-refractivity contribution < 1.29 is 13.9 Å². The molecule has 0 spiro atoms. The maximum Gasteiger partial charge on any atom is 0.158 e. The van der Waals surface area contributed by atoms with Crippen LogP contribution in [-0.4, -0.2) is 19.5 Å². The molecule has 0 aliphatic carbocycles. The van der Waals surface area contributed by atoms with Crippen LogP contribution in [0.15, 0.2) is 36.4 Å². The van der Waals surface area contributed by atoms with Crippen molar-refractivity contribution in [3.63, 3.8) is 0 Å². The van der Waals surface area contributed by atoms with Gasteiger partial charge < -0.3 is 9.47 Å². The third-order valence-electron chi connectivity index (χ3n) is 2.83. The highest BCUT2D eigenvalue weighted by Gasteiger charge is 2.12. The third kappa shape index (κ3) is 4.86. The van der Waals surface area contributed by atoms with Crippen LogP contribution in [0.3, 0.4) is 0 Å². The lowest BCUT2D eigenvalue weighted by Gasteiger charge is -2.21. The molecule has 3 heteroatoms. The van der Waals surface area contributed by atoms with Crippen LogP contribution in [0.5, 0.6) is 0 Å². The molecule has 0 N–H and O–H groups in total. The minimum atomic E-state index is -0.331. The average Bonchev–Trinajstić information content (AvgIpc) is 2.49. The zero-order chi connectivity index (χ0) is 13.3. The van der Waals surface area contributed by atoms with Gasteiger partial charge in [0.15, 0.2) is 6.29 Å². The number of allylic oxidation sites excluding steroid dienone is 1. The van der Waals surface area contributed by atoms with Crippen LogP contribution in [0.4, 0.5) is 4.39 Å².